The van der Waals surface area contributed by atoms with Crippen LogP contribution in [0.25, 0.3) is 0 Å². The Morgan fingerprint density at radius 2 is 1.71 bits per heavy atom. The van der Waals surface area contributed by atoms with Crippen LogP contribution in [0.2, 0.25) is 0 Å². The minimum atomic E-state index is 0.523. The molecule has 1 aliphatic carbocycles. The summed E-state index contributed by atoms with van der Waals surface area (Å²) in [5.41, 5.74) is 3.37. The van der Waals surface area contributed by atoms with Gasteiger partial charge in [-0.15, -0.1) is 0 Å². The van der Waals surface area contributed by atoms with E-state index in [-0.39, 0.29) is 0 Å². The Morgan fingerprint density at radius 1 is 1.10 bits per heavy atom. The minimum Gasteiger partial charge on any atom is -0.313 e. The molecule has 0 heterocycles. The molecule has 0 spiro atoms. The lowest BCUT2D eigenvalue weighted by molar-refractivity contribution is 0.155. The summed E-state index contributed by atoms with van der Waals surface area (Å²) in [5, 5.41) is 3.83. The van der Waals surface area contributed by atoms with Gasteiger partial charge in [-0.25, -0.2) is 0 Å². The minimum absolute atomic E-state index is 0.523. The van der Waals surface area contributed by atoms with Crippen molar-refractivity contribution in [2.24, 2.45) is 11.3 Å². The monoisotopic (exact) mass is 287 g/mol. The van der Waals surface area contributed by atoms with Gasteiger partial charge in [0.1, 0.15) is 0 Å². The third-order valence-electron chi connectivity index (χ3n) is 5.16. The lowest BCUT2D eigenvalue weighted by Crippen LogP contribution is -2.46. The first-order valence-electron chi connectivity index (χ1n) is 8.84. The average molecular weight is 287 g/mol. The molecule has 1 N–H and O–H groups in total. The fourth-order valence-electron chi connectivity index (χ4n) is 4.30. The first kappa shape index (κ1) is 16.5. The van der Waals surface area contributed by atoms with Crippen LogP contribution in [0.4, 0.5) is 0 Å². The van der Waals surface area contributed by atoms with E-state index in [1.165, 1.54) is 49.7 Å². The molecule has 1 heteroatoms. The Labute approximate surface area is 131 Å². The van der Waals surface area contributed by atoms with Crippen molar-refractivity contribution in [2.45, 2.75) is 72.3 Å². The van der Waals surface area contributed by atoms with Gasteiger partial charge < -0.3 is 5.32 Å². The van der Waals surface area contributed by atoms with Crippen molar-refractivity contribution in [2.75, 3.05) is 6.54 Å². The van der Waals surface area contributed by atoms with Crippen LogP contribution >= 0.6 is 0 Å². The summed E-state index contributed by atoms with van der Waals surface area (Å²) in [6, 6.07) is 9.77. The number of hydrogen-bond donors (Lipinski definition) is 1. The van der Waals surface area contributed by atoms with Crippen molar-refractivity contribution in [3.8, 4) is 0 Å². The fourth-order valence-corrected chi connectivity index (χ4v) is 4.30. The average Bonchev–Trinajstić information content (AvgIpc) is 2.89. The molecule has 21 heavy (non-hydrogen) atoms. The molecule has 1 saturated carbocycles. The standard InChI is InChI=1S/C20H33N/c1-5-21-19(14-18-10-8-17(4)9-11-18)20(15-16(2)3)12-6-7-13-20/h8-11,16,19,21H,5-7,12-15H2,1-4H3. The Bertz CT molecular complexity index is 412. The van der Waals surface area contributed by atoms with E-state index in [0.29, 0.717) is 11.5 Å². The van der Waals surface area contributed by atoms with Crippen molar-refractivity contribution in [3.63, 3.8) is 0 Å². The molecular weight excluding hydrogens is 254 g/mol. The molecule has 118 valence electrons. The van der Waals surface area contributed by atoms with Crippen molar-refractivity contribution < 1.29 is 0 Å². The molecule has 1 unspecified atom stereocenters. The highest BCUT2D eigenvalue weighted by molar-refractivity contribution is 5.22. The van der Waals surface area contributed by atoms with Crippen LogP contribution in [-0.2, 0) is 6.42 Å². The topological polar surface area (TPSA) is 12.0 Å². The number of nitrogens with one attached hydrogen (secondary N) is 1. The Balaban J connectivity index is 2.17. The van der Waals surface area contributed by atoms with Gasteiger partial charge in [-0.05, 0) is 56.0 Å². The van der Waals surface area contributed by atoms with Crippen molar-refractivity contribution in [3.05, 3.63) is 35.4 Å². The van der Waals surface area contributed by atoms with Crippen LogP contribution < -0.4 is 5.32 Å². The fraction of sp³-hybridized carbons (Fsp3) is 0.700. The summed E-state index contributed by atoms with van der Waals surface area (Å²) in [5.74, 6) is 0.794. The summed E-state index contributed by atoms with van der Waals surface area (Å²) < 4.78 is 0. The molecule has 1 fully saturated rings. The van der Waals surface area contributed by atoms with Crippen LogP contribution in [0.1, 0.15) is 64.0 Å². The first-order chi connectivity index (χ1) is 10.1. The summed E-state index contributed by atoms with van der Waals surface area (Å²) in [4.78, 5) is 0. The quantitative estimate of drug-likeness (QED) is 0.733. The molecule has 1 aromatic carbocycles. The van der Waals surface area contributed by atoms with Crippen molar-refractivity contribution in [1.29, 1.82) is 0 Å². The zero-order chi connectivity index (χ0) is 15.3. The summed E-state index contributed by atoms with van der Waals surface area (Å²) in [6.45, 7) is 10.3. The molecule has 0 aliphatic heterocycles. The molecular formula is C20H33N. The highest BCUT2D eigenvalue weighted by Crippen LogP contribution is 2.46. The van der Waals surface area contributed by atoms with Gasteiger partial charge in [0.2, 0.25) is 0 Å². The number of rotatable bonds is 7. The summed E-state index contributed by atoms with van der Waals surface area (Å²) in [6.07, 6.45) is 8.21. The largest absolute Gasteiger partial charge is 0.313 e. The maximum Gasteiger partial charge on any atom is 0.0164 e. The van der Waals surface area contributed by atoms with E-state index in [2.05, 4.69) is 57.3 Å². The smallest absolute Gasteiger partial charge is 0.0164 e. The molecule has 2 rings (SSSR count). The van der Waals surface area contributed by atoms with Gasteiger partial charge in [-0.1, -0.05) is 63.4 Å². The molecule has 0 radical (unpaired) electrons. The molecule has 0 bridgehead atoms. The number of likely N-dealkylation sites (N-methyl/N-ethyl adjacent to an activating group) is 1. The third-order valence-corrected chi connectivity index (χ3v) is 5.16. The first-order valence-corrected chi connectivity index (χ1v) is 8.84. The molecule has 1 aromatic rings. The number of benzene rings is 1. The van der Waals surface area contributed by atoms with Crippen LogP contribution in [0.3, 0.4) is 0 Å². The van der Waals surface area contributed by atoms with Crippen LogP contribution in [0, 0.1) is 18.3 Å². The van der Waals surface area contributed by atoms with E-state index in [1.54, 1.807) is 0 Å². The Hall–Kier alpha value is -0.820. The number of hydrogen-bond acceptors (Lipinski definition) is 1. The van der Waals surface area contributed by atoms with Gasteiger partial charge in [0, 0.05) is 6.04 Å². The highest BCUT2D eigenvalue weighted by atomic mass is 14.9. The third kappa shape index (κ3) is 4.32. The predicted octanol–water partition coefficient (Wildman–Crippen LogP) is 5.12. The second-order valence-electron chi connectivity index (χ2n) is 7.47. The van der Waals surface area contributed by atoms with E-state index in [4.69, 9.17) is 0 Å². The van der Waals surface area contributed by atoms with Crippen LogP contribution in [-0.4, -0.2) is 12.6 Å². The van der Waals surface area contributed by atoms with Gasteiger partial charge in [-0.2, -0.15) is 0 Å². The molecule has 0 aromatic heterocycles. The maximum absolute atomic E-state index is 3.83. The van der Waals surface area contributed by atoms with Gasteiger partial charge in [0.25, 0.3) is 0 Å². The lowest BCUT2D eigenvalue weighted by Gasteiger charge is -2.40. The molecule has 0 amide bonds. The van der Waals surface area contributed by atoms with Gasteiger partial charge in [-0.3, -0.25) is 0 Å². The molecule has 1 nitrogen and oxygen atoms in total. The second-order valence-corrected chi connectivity index (χ2v) is 7.47. The Morgan fingerprint density at radius 3 is 2.24 bits per heavy atom. The van der Waals surface area contributed by atoms with Crippen LogP contribution in [0.15, 0.2) is 24.3 Å². The Kier molecular flexibility index (Phi) is 5.87. The van der Waals surface area contributed by atoms with Gasteiger partial charge in [0.15, 0.2) is 0 Å². The van der Waals surface area contributed by atoms with E-state index in [0.717, 1.165) is 12.5 Å². The summed E-state index contributed by atoms with van der Waals surface area (Å²) >= 11 is 0. The molecule has 1 atom stereocenters. The predicted molar refractivity (Wildman–Crippen MR) is 92.7 cm³/mol. The van der Waals surface area contributed by atoms with Crippen LogP contribution in [0.5, 0.6) is 0 Å². The van der Waals surface area contributed by atoms with Crippen molar-refractivity contribution in [1.82, 2.24) is 5.32 Å². The van der Waals surface area contributed by atoms with E-state index in [9.17, 15) is 0 Å². The van der Waals surface area contributed by atoms with Gasteiger partial charge >= 0.3 is 0 Å². The zero-order valence-electron chi connectivity index (χ0n) is 14.4. The maximum atomic E-state index is 3.83. The van der Waals surface area contributed by atoms with E-state index in [1.807, 2.05) is 0 Å². The molecule has 0 saturated heterocycles. The van der Waals surface area contributed by atoms with Crippen molar-refractivity contribution >= 4 is 0 Å². The summed E-state index contributed by atoms with van der Waals surface area (Å²) in [7, 11) is 0. The number of aryl methyl sites for hydroxylation is 1. The van der Waals surface area contributed by atoms with E-state index >= 15 is 0 Å². The normalized spacial score (nSPS) is 19.1. The highest BCUT2D eigenvalue weighted by Gasteiger charge is 2.40. The molecule has 1 aliphatic rings. The lowest BCUT2D eigenvalue weighted by atomic mass is 9.70. The second kappa shape index (κ2) is 7.45. The van der Waals surface area contributed by atoms with E-state index < -0.39 is 0 Å². The van der Waals surface area contributed by atoms with Gasteiger partial charge in [0.05, 0.1) is 0 Å². The zero-order valence-corrected chi connectivity index (χ0v) is 14.4. The SMILES string of the molecule is CCNC(Cc1ccc(C)cc1)C1(CC(C)C)CCCC1.